The molecule has 0 spiro atoms. The summed E-state index contributed by atoms with van der Waals surface area (Å²) in [7, 11) is 0. The lowest BCUT2D eigenvalue weighted by Crippen LogP contribution is -2.57. The third-order valence-corrected chi connectivity index (χ3v) is 3.30. The van der Waals surface area contributed by atoms with Gasteiger partial charge in [-0.15, -0.1) is 0 Å². The molecule has 0 aliphatic carbocycles. The number of hydrogen-bond acceptors (Lipinski definition) is 3. The van der Waals surface area contributed by atoms with E-state index in [1.54, 1.807) is 12.1 Å². The Labute approximate surface area is 119 Å². The molecule has 1 aliphatic heterocycles. The van der Waals surface area contributed by atoms with E-state index in [2.05, 4.69) is 0 Å². The maximum Gasteiger partial charge on any atom is 0.147 e. The van der Waals surface area contributed by atoms with Gasteiger partial charge in [0.05, 0.1) is 16.9 Å². The van der Waals surface area contributed by atoms with Gasteiger partial charge in [-0.05, 0) is 45.9 Å². The molecule has 1 saturated heterocycles. The molecule has 1 aromatic rings. The molecule has 1 heterocycles. The number of nitrogen functional groups attached to an aromatic ring is 1. The second-order valence-electron chi connectivity index (χ2n) is 6.56. The van der Waals surface area contributed by atoms with Gasteiger partial charge in [-0.3, -0.25) is 5.41 Å². The van der Waals surface area contributed by atoms with Gasteiger partial charge in [0.1, 0.15) is 11.7 Å². The molecule has 0 unspecified atom stereocenters. The summed E-state index contributed by atoms with van der Waals surface area (Å²) < 4.78 is 20.3. The van der Waals surface area contributed by atoms with Gasteiger partial charge < -0.3 is 15.4 Å². The fourth-order valence-electron chi connectivity index (χ4n) is 2.89. The summed E-state index contributed by atoms with van der Waals surface area (Å²) in [4.78, 5) is 1.99. The number of anilines is 1. The van der Waals surface area contributed by atoms with Crippen LogP contribution < -0.4 is 10.6 Å². The predicted octanol–water partition coefficient (Wildman–Crippen LogP) is 2.50. The summed E-state index contributed by atoms with van der Waals surface area (Å²) >= 11 is 0. The number of ether oxygens (including phenoxy) is 1. The van der Waals surface area contributed by atoms with Crippen LogP contribution >= 0.6 is 0 Å². The highest BCUT2D eigenvalue weighted by molar-refractivity contribution is 5.95. The molecule has 0 atom stereocenters. The molecule has 5 heteroatoms. The largest absolute Gasteiger partial charge is 0.384 e. The van der Waals surface area contributed by atoms with E-state index in [-0.39, 0.29) is 22.9 Å². The van der Waals surface area contributed by atoms with Gasteiger partial charge in [0, 0.05) is 18.7 Å². The number of nitrogens with one attached hydrogen (secondary N) is 1. The lowest BCUT2D eigenvalue weighted by molar-refractivity contribution is -0.133. The number of benzene rings is 1. The molecule has 1 aromatic carbocycles. The highest BCUT2D eigenvalue weighted by Crippen LogP contribution is 2.32. The molecule has 110 valence electrons. The van der Waals surface area contributed by atoms with Crippen molar-refractivity contribution >= 4 is 11.5 Å². The maximum atomic E-state index is 14.3. The van der Waals surface area contributed by atoms with Crippen LogP contribution in [0, 0.1) is 11.2 Å². The Hall–Kier alpha value is -1.62. The summed E-state index contributed by atoms with van der Waals surface area (Å²) in [6.45, 7) is 9.25. The second kappa shape index (κ2) is 4.74. The number of halogens is 1. The fourth-order valence-corrected chi connectivity index (χ4v) is 2.89. The van der Waals surface area contributed by atoms with Crippen molar-refractivity contribution in [1.29, 1.82) is 5.41 Å². The molecule has 20 heavy (non-hydrogen) atoms. The average molecular weight is 279 g/mol. The zero-order valence-electron chi connectivity index (χ0n) is 12.5. The van der Waals surface area contributed by atoms with Crippen molar-refractivity contribution in [1.82, 2.24) is 0 Å². The summed E-state index contributed by atoms with van der Waals surface area (Å²) in [6.07, 6.45) is 0. The number of nitrogens with two attached hydrogens (primary N) is 1. The van der Waals surface area contributed by atoms with Gasteiger partial charge in [-0.2, -0.15) is 0 Å². The van der Waals surface area contributed by atoms with Crippen molar-refractivity contribution in [2.24, 2.45) is 5.73 Å². The zero-order chi connectivity index (χ0) is 15.1. The van der Waals surface area contributed by atoms with Gasteiger partial charge in [-0.1, -0.05) is 0 Å². The third-order valence-electron chi connectivity index (χ3n) is 3.30. The number of morpholine rings is 1. The normalized spacial score (nSPS) is 20.8. The van der Waals surface area contributed by atoms with Crippen molar-refractivity contribution in [3.63, 3.8) is 0 Å². The lowest BCUT2D eigenvalue weighted by Gasteiger charge is -2.48. The zero-order valence-corrected chi connectivity index (χ0v) is 12.5. The van der Waals surface area contributed by atoms with Crippen LogP contribution in [0.25, 0.3) is 0 Å². The van der Waals surface area contributed by atoms with Gasteiger partial charge in [0.15, 0.2) is 0 Å². The average Bonchev–Trinajstić information content (AvgIpc) is 2.24. The molecule has 0 amide bonds. The maximum absolute atomic E-state index is 14.3. The van der Waals surface area contributed by atoms with Crippen molar-refractivity contribution < 1.29 is 9.13 Å². The Morgan fingerprint density at radius 1 is 1.25 bits per heavy atom. The predicted molar refractivity (Wildman–Crippen MR) is 78.9 cm³/mol. The minimum atomic E-state index is -0.355. The van der Waals surface area contributed by atoms with Gasteiger partial charge in [0.2, 0.25) is 0 Å². The standard InChI is InChI=1S/C15H22FN3O/c1-14(2)8-19(9-15(3,4)20-14)12-6-5-10(13(17)18)7-11(12)16/h5-7H,8-9H2,1-4H3,(H3,17,18). The van der Waals surface area contributed by atoms with Crippen molar-refractivity contribution in [2.45, 2.75) is 38.9 Å². The molecule has 0 bridgehead atoms. The highest BCUT2D eigenvalue weighted by atomic mass is 19.1. The molecule has 1 fully saturated rings. The molecule has 0 saturated carbocycles. The number of hydrogen-bond donors (Lipinski definition) is 2. The topological polar surface area (TPSA) is 62.3 Å². The monoisotopic (exact) mass is 279 g/mol. The highest BCUT2D eigenvalue weighted by Gasteiger charge is 2.38. The van der Waals surface area contributed by atoms with E-state index >= 15 is 0 Å². The molecular weight excluding hydrogens is 257 g/mol. The van der Waals surface area contributed by atoms with Crippen LogP contribution in [0.15, 0.2) is 18.2 Å². The van der Waals surface area contributed by atoms with Crippen LogP contribution in [0.1, 0.15) is 33.3 Å². The van der Waals surface area contributed by atoms with Crippen LogP contribution in [0.2, 0.25) is 0 Å². The Morgan fingerprint density at radius 2 is 1.80 bits per heavy atom. The van der Waals surface area contributed by atoms with E-state index in [1.807, 2.05) is 32.6 Å². The molecule has 4 nitrogen and oxygen atoms in total. The summed E-state index contributed by atoms with van der Waals surface area (Å²) in [5.74, 6) is -0.482. The summed E-state index contributed by atoms with van der Waals surface area (Å²) in [5.41, 5.74) is 5.63. The van der Waals surface area contributed by atoms with Crippen LogP contribution in [0.5, 0.6) is 0 Å². The SMILES string of the molecule is CC1(C)CN(c2ccc(C(=N)N)cc2F)CC(C)(C)O1. The smallest absolute Gasteiger partial charge is 0.147 e. The number of nitrogens with zero attached hydrogens (tertiary/aromatic N) is 1. The minimum Gasteiger partial charge on any atom is -0.384 e. The number of rotatable bonds is 2. The Kier molecular flexibility index (Phi) is 3.50. The summed E-state index contributed by atoms with van der Waals surface area (Å²) in [6, 6.07) is 4.67. The van der Waals surface area contributed by atoms with Gasteiger partial charge in [-0.25, -0.2) is 4.39 Å². The van der Waals surface area contributed by atoms with Gasteiger partial charge in [0.25, 0.3) is 0 Å². The van der Waals surface area contributed by atoms with Crippen molar-refractivity contribution in [3.05, 3.63) is 29.6 Å². The van der Waals surface area contributed by atoms with E-state index in [0.717, 1.165) is 0 Å². The first-order valence-corrected chi connectivity index (χ1v) is 6.69. The Morgan fingerprint density at radius 3 is 2.25 bits per heavy atom. The van der Waals surface area contributed by atoms with E-state index < -0.39 is 0 Å². The first kappa shape index (κ1) is 14.8. The first-order valence-electron chi connectivity index (χ1n) is 6.69. The molecule has 2 rings (SSSR count). The van der Waals surface area contributed by atoms with Crippen LogP contribution in [-0.2, 0) is 4.74 Å². The molecular formula is C15H22FN3O. The van der Waals surface area contributed by atoms with Crippen LogP contribution in [0.3, 0.4) is 0 Å². The summed E-state index contributed by atoms with van der Waals surface area (Å²) in [5, 5.41) is 7.35. The number of amidine groups is 1. The Balaban J connectivity index is 2.34. The quantitative estimate of drug-likeness (QED) is 0.646. The van der Waals surface area contributed by atoms with E-state index in [9.17, 15) is 4.39 Å². The van der Waals surface area contributed by atoms with Crippen molar-refractivity contribution in [3.8, 4) is 0 Å². The molecule has 1 aliphatic rings. The fraction of sp³-hybridized carbons (Fsp3) is 0.533. The molecule has 0 aromatic heterocycles. The van der Waals surface area contributed by atoms with E-state index in [0.29, 0.717) is 24.3 Å². The minimum absolute atomic E-state index is 0.127. The van der Waals surface area contributed by atoms with Crippen LogP contribution in [0.4, 0.5) is 10.1 Å². The van der Waals surface area contributed by atoms with Crippen LogP contribution in [-0.4, -0.2) is 30.1 Å². The second-order valence-corrected chi connectivity index (χ2v) is 6.56. The first-order chi connectivity index (χ1) is 9.10. The van der Waals surface area contributed by atoms with Gasteiger partial charge >= 0.3 is 0 Å². The lowest BCUT2D eigenvalue weighted by atomic mass is 9.98. The van der Waals surface area contributed by atoms with E-state index in [1.165, 1.54) is 6.07 Å². The van der Waals surface area contributed by atoms with Crippen molar-refractivity contribution in [2.75, 3.05) is 18.0 Å². The molecule has 0 radical (unpaired) electrons. The van der Waals surface area contributed by atoms with E-state index in [4.69, 9.17) is 15.9 Å². The third kappa shape index (κ3) is 3.10. The Bertz CT molecular complexity index is 524. The molecule has 3 N–H and O–H groups in total.